The maximum absolute atomic E-state index is 2.97. The summed E-state index contributed by atoms with van der Waals surface area (Å²) >= 11 is 1.86. The van der Waals surface area contributed by atoms with Crippen molar-refractivity contribution in [1.82, 2.24) is 0 Å². The molecule has 0 fully saturated rings. The maximum atomic E-state index is 2.97. The number of rotatable bonds is 4. The molecule has 3 rings (SSSR count). The summed E-state index contributed by atoms with van der Waals surface area (Å²) in [5.41, 5.74) is 2.42. The molecule has 0 spiro atoms. The second kappa shape index (κ2) is 10.6. The van der Waals surface area contributed by atoms with Gasteiger partial charge in [-0.2, -0.15) is 17.5 Å². The minimum absolute atomic E-state index is 0. The van der Waals surface area contributed by atoms with Gasteiger partial charge in [-0.25, -0.2) is 0 Å². The average molecular weight is 314 g/mol. The van der Waals surface area contributed by atoms with E-state index in [-0.39, 0.29) is 17.1 Å². The van der Waals surface area contributed by atoms with Crippen LogP contribution in [0.5, 0.6) is 0 Å². The summed E-state index contributed by atoms with van der Waals surface area (Å²) in [6.07, 6.45) is 0. The molecule has 0 heterocycles. The van der Waals surface area contributed by atoms with E-state index >= 15 is 0 Å². The molecule has 0 unspecified atom stereocenters. The molecule has 0 aliphatic heterocycles. The molecule has 0 N–H and O–H groups in total. The molecule has 0 aliphatic carbocycles. The van der Waals surface area contributed by atoms with Crippen molar-refractivity contribution in [2.45, 2.75) is 11.5 Å². The first-order chi connectivity index (χ1) is 9.45. The number of hydrogen-bond acceptors (Lipinski definition) is 1. The van der Waals surface area contributed by atoms with Crippen molar-refractivity contribution < 1.29 is 17.1 Å². The van der Waals surface area contributed by atoms with Gasteiger partial charge in [0.25, 0.3) is 0 Å². The van der Waals surface area contributed by atoms with Gasteiger partial charge in [-0.15, -0.1) is 0 Å². The minimum Gasteiger partial charge on any atom is -0.999 e. The third-order valence-corrected chi connectivity index (χ3v) is 3.23. The Balaban J connectivity index is 0.000000283. The topological polar surface area (TPSA) is 0 Å². The summed E-state index contributed by atoms with van der Waals surface area (Å²) in [6.45, 7) is 0. The van der Waals surface area contributed by atoms with Gasteiger partial charge in [0.1, 0.15) is 0 Å². The van der Waals surface area contributed by atoms with Gasteiger partial charge >= 0.3 is 0 Å². The molecule has 0 aliphatic rings. The molecule has 3 aromatic rings. The fraction of sp³-hybridized carbons (Fsp3) is 0.111. The minimum atomic E-state index is 0. The van der Waals surface area contributed by atoms with Crippen molar-refractivity contribution in [2.75, 3.05) is 0 Å². The van der Waals surface area contributed by atoms with E-state index in [0.717, 1.165) is 17.1 Å². The molecule has 0 saturated heterocycles. The molecule has 0 nitrogen and oxygen atoms in total. The Morgan fingerprint density at radius 3 is 2.15 bits per heavy atom. The van der Waals surface area contributed by atoms with Crippen molar-refractivity contribution in [3.8, 4) is 0 Å². The summed E-state index contributed by atoms with van der Waals surface area (Å²) in [6, 6.07) is 33.9. The zero-order valence-corrected chi connectivity index (χ0v) is 12.6. The van der Waals surface area contributed by atoms with Gasteiger partial charge in [-0.1, -0.05) is 30.3 Å². The van der Waals surface area contributed by atoms with Gasteiger partial charge in [0.2, 0.25) is 0 Å². The van der Waals surface area contributed by atoms with Crippen LogP contribution in [0.3, 0.4) is 0 Å². The molecule has 0 aromatic heterocycles. The zero-order valence-electron chi connectivity index (χ0n) is 10.6. The fourth-order valence-electron chi connectivity index (χ4n) is 1.34. The van der Waals surface area contributed by atoms with Gasteiger partial charge in [0.15, 0.2) is 0 Å². The molecular formula is C18H10FeS-10. The quantitative estimate of drug-likeness (QED) is 0.523. The van der Waals surface area contributed by atoms with E-state index in [1.807, 2.05) is 17.8 Å². The van der Waals surface area contributed by atoms with Crippen LogP contribution in [0, 0.1) is 48.5 Å². The molecule has 2 heteroatoms. The van der Waals surface area contributed by atoms with E-state index < -0.39 is 0 Å². The van der Waals surface area contributed by atoms with Crippen LogP contribution < -0.4 is 0 Å². The first-order valence-corrected chi connectivity index (χ1v) is 6.93. The van der Waals surface area contributed by atoms with Crippen LogP contribution in [0.15, 0.2) is 36.4 Å². The molecule has 3 aromatic carbocycles. The van der Waals surface area contributed by atoms with Gasteiger partial charge in [-0.3, -0.25) is 0 Å². The van der Waals surface area contributed by atoms with Crippen molar-refractivity contribution in [3.63, 3.8) is 0 Å². The SMILES string of the molecule is [Fe].[c-]1[c-][c-][c-](CSCc2ccccc2)[c-]1.[c-]1[c-][c-][cH-][c-]1. The van der Waals surface area contributed by atoms with E-state index in [4.69, 9.17) is 0 Å². The molecule has 106 valence electrons. The van der Waals surface area contributed by atoms with Gasteiger partial charge < -0.3 is 60.2 Å². The van der Waals surface area contributed by atoms with Crippen LogP contribution in [0.1, 0.15) is 11.1 Å². The van der Waals surface area contributed by atoms with Crippen molar-refractivity contribution in [3.05, 3.63) is 96.1 Å². The molecule has 0 atom stereocenters. The second-order valence-corrected chi connectivity index (χ2v) is 4.63. The van der Waals surface area contributed by atoms with E-state index in [2.05, 4.69) is 72.8 Å². The van der Waals surface area contributed by atoms with Crippen molar-refractivity contribution >= 4 is 11.8 Å². The zero-order chi connectivity index (χ0) is 13.2. The van der Waals surface area contributed by atoms with Crippen LogP contribution in [0.4, 0.5) is 0 Å². The first-order valence-electron chi connectivity index (χ1n) is 5.77. The van der Waals surface area contributed by atoms with E-state index in [1.165, 1.54) is 5.56 Å². The molecular weight excluding hydrogens is 304 g/mol. The number of hydrogen-bond donors (Lipinski definition) is 0. The van der Waals surface area contributed by atoms with Crippen LogP contribution >= 0.6 is 11.8 Å². The molecule has 0 saturated carbocycles. The summed E-state index contributed by atoms with van der Waals surface area (Å²) in [5, 5.41) is 0. The number of thioether (sulfide) groups is 1. The van der Waals surface area contributed by atoms with Crippen molar-refractivity contribution in [2.24, 2.45) is 0 Å². The van der Waals surface area contributed by atoms with Crippen LogP contribution in [0.25, 0.3) is 0 Å². The smallest absolute Gasteiger partial charge is 0.0159 e. The predicted molar refractivity (Wildman–Crippen MR) is 76.2 cm³/mol. The van der Waals surface area contributed by atoms with Gasteiger partial charge in [0, 0.05) is 22.8 Å². The Morgan fingerprint density at radius 1 is 0.950 bits per heavy atom. The number of benzene rings is 1. The van der Waals surface area contributed by atoms with Gasteiger partial charge in [-0.05, 0) is 5.56 Å². The molecule has 20 heavy (non-hydrogen) atoms. The Bertz CT molecular complexity index is 495. The van der Waals surface area contributed by atoms with E-state index in [0.29, 0.717) is 0 Å². The normalized spacial score (nSPS) is 9.20. The van der Waals surface area contributed by atoms with Crippen molar-refractivity contribution in [1.29, 1.82) is 0 Å². The summed E-state index contributed by atoms with van der Waals surface area (Å²) in [7, 11) is 0. The maximum Gasteiger partial charge on any atom is 0.0159 e. The summed E-state index contributed by atoms with van der Waals surface area (Å²) in [5.74, 6) is 1.97. The molecule has 0 radical (unpaired) electrons. The Hall–Kier alpha value is -1.21. The van der Waals surface area contributed by atoms with Gasteiger partial charge in [0.05, 0.1) is 0 Å². The Kier molecular flexibility index (Phi) is 8.89. The molecule has 0 bridgehead atoms. The van der Waals surface area contributed by atoms with E-state index in [9.17, 15) is 0 Å². The summed E-state index contributed by atoms with van der Waals surface area (Å²) in [4.78, 5) is 0. The van der Waals surface area contributed by atoms with Crippen LogP contribution in [-0.4, -0.2) is 0 Å². The van der Waals surface area contributed by atoms with Crippen LogP contribution in [-0.2, 0) is 28.6 Å². The third kappa shape index (κ3) is 6.81. The molecule has 0 amide bonds. The standard InChI is InChI=1S/C13H9S.C5H.Fe/c1-2-6-12(7-3-1)10-14-11-13-8-4-5-9-13;1-2-4-5-3-1;/h1-3,6-7H,10-11H2;1H;/q2*-5;. The third-order valence-electron chi connectivity index (χ3n) is 2.20. The predicted octanol–water partition coefficient (Wildman–Crippen LogP) is 3.64. The second-order valence-electron chi connectivity index (χ2n) is 3.64. The summed E-state index contributed by atoms with van der Waals surface area (Å²) < 4.78 is 0. The first kappa shape index (κ1) is 16.8. The Morgan fingerprint density at radius 2 is 1.60 bits per heavy atom. The monoisotopic (exact) mass is 314 g/mol. The Labute approximate surface area is 136 Å². The van der Waals surface area contributed by atoms with E-state index in [1.54, 1.807) is 6.07 Å². The van der Waals surface area contributed by atoms with Crippen LogP contribution in [0.2, 0.25) is 0 Å². The fourth-order valence-corrected chi connectivity index (χ4v) is 2.22. The average Bonchev–Trinajstić information content (AvgIpc) is 3.16. The largest absolute Gasteiger partial charge is 0.999 e.